The highest BCUT2D eigenvalue weighted by Gasteiger charge is 2.30. The summed E-state index contributed by atoms with van der Waals surface area (Å²) in [6.07, 6.45) is 1.73. The molecule has 1 saturated carbocycles. The van der Waals surface area contributed by atoms with E-state index in [1.807, 2.05) is 0 Å². The van der Waals surface area contributed by atoms with Gasteiger partial charge in [-0.15, -0.1) is 0 Å². The fourth-order valence-electron chi connectivity index (χ4n) is 2.84. The largest absolute Gasteiger partial charge is 0.452 e. The molecule has 0 radical (unpaired) electrons. The number of halogens is 3. The molecule has 4 nitrogen and oxygen atoms in total. The van der Waals surface area contributed by atoms with Crippen molar-refractivity contribution in [2.75, 3.05) is 6.61 Å². The second-order valence-corrected chi connectivity index (χ2v) is 6.59. The van der Waals surface area contributed by atoms with E-state index in [0.29, 0.717) is 5.92 Å². The second kappa shape index (κ2) is 8.87. The third-order valence-corrected chi connectivity index (χ3v) is 4.35. The summed E-state index contributed by atoms with van der Waals surface area (Å²) in [6.45, 7) is 1.77. The van der Waals surface area contributed by atoms with Crippen LogP contribution in [0, 0.1) is 5.92 Å². The molecule has 0 bridgehead atoms. The van der Waals surface area contributed by atoms with Gasteiger partial charge in [0.2, 0.25) is 0 Å². The van der Waals surface area contributed by atoms with Crippen LogP contribution in [0.3, 0.4) is 0 Å². The molecular formula is C19H22F3NO3. The van der Waals surface area contributed by atoms with Crippen molar-refractivity contribution in [3.05, 3.63) is 41.5 Å². The maximum atomic E-state index is 12.6. The molecule has 0 saturated heterocycles. The fraction of sp³-hybridized carbons (Fsp3) is 0.474. The van der Waals surface area contributed by atoms with Crippen molar-refractivity contribution in [2.24, 2.45) is 5.92 Å². The summed E-state index contributed by atoms with van der Waals surface area (Å²) in [4.78, 5) is 23.4. The topological polar surface area (TPSA) is 55.4 Å². The third-order valence-electron chi connectivity index (χ3n) is 4.35. The normalized spacial score (nSPS) is 20.8. The van der Waals surface area contributed by atoms with Crippen LogP contribution in [0.4, 0.5) is 13.2 Å². The maximum absolute atomic E-state index is 12.6. The molecule has 142 valence electrons. The molecule has 1 N–H and O–H groups in total. The van der Waals surface area contributed by atoms with Gasteiger partial charge in [0.25, 0.3) is 5.91 Å². The SMILES string of the molecule is CC1CCC(NC(=O)COC(=O)/C=C/c2cccc(C(F)(F)F)c2)CC1. The lowest BCUT2D eigenvalue weighted by Crippen LogP contribution is -2.39. The molecule has 1 aliphatic carbocycles. The molecule has 1 amide bonds. The predicted molar refractivity (Wildman–Crippen MR) is 91.0 cm³/mol. The molecule has 0 heterocycles. The highest BCUT2D eigenvalue weighted by Crippen LogP contribution is 2.29. The van der Waals surface area contributed by atoms with Crippen LogP contribution in [0.25, 0.3) is 6.08 Å². The lowest BCUT2D eigenvalue weighted by Gasteiger charge is -2.26. The highest BCUT2D eigenvalue weighted by molar-refractivity contribution is 5.89. The summed E-state index contributed by atoms with van der Waals surface area (Å²) in [7, 11) is 0. The minimum atomic E-state index is -4.45. The molecule has 1 aromatic carbocycles. The average Bonchev–Trinajstić information content (AvgIpc) is 2.60. The van der Waals surface area contributed by atoms with Gasteiger partial charge in [0.15, 0.2) is 6.61 Å². The number of alkyl halides is 3. The van der Waals surface area contributed by atoms with Gasteiger partial charge >= 0.3 is 12.1 Å². The molecule has 0 spiro atoms. The van der Waals surface area contributed by atoms with Crippen LogP contribution in [0.5, 0.6) is 0 Å². The Morgan fingerprint density at radius 3 is 2.58 bits per heavy atom. The molecule has 26 heavy (non-hydrogen) atoms. The molecule has 7 heteroatoms. The Bertz CT molecular complexity index is 662. The Labute approximate surface area is 150 Å². The fourth-order valence-corrected chi connectivity index (χ4v) is 2.84. The van der Waals surface area contributed by atoms with E-state index in [-0.39, 0.29) is 17.5 Å². The number of nitrogens with one attached hydrogen (secondary N) is 1. The van der Waals surface area contributed by atoms with Gasteiger partial charge in [-0.1, -0.05) is 19.1 Å². The number of benzene rings is 1. The molecule has 1 fully saturated rings. The zero-order chi connectivity index (χ0) is 19.2. The molecular weight excluding hydrogens is 347 g/mol. The standard InChI is InChI=1S/C19H22F3NO3/c1-13-5-8-16(9-6-13)23-17(24)12-26-18(25)10-7-14-3-2-4-15(11-14)19(20,21)22/h2-4,7,10-11,13,16H,5-6,8-9,12H2,1H3,(H,23,24)/b10-7+. The van der Waals surface area contributed by atoms with Gasteiger partial charge in [-0.25, -0.2) is 4.79 Å². The Balaban J connectivity index is 1.78. The van der Waals surface area contributed by atoms with Gasteiger partial charge in [0.1, 0.15) is 0 Å². The van der Waals surface area contributed by atoms with E-state index in [1.165, 1.54) is 18.2 Å². The number of hydrogen-bond acceptors (Lipinski definition) is 3. The first-order chi connectivity index (χ1) is 12.2. The summed E-state index contributed by atoms with van der Waals surface area (Å²) in [6, 6.07) is 4.69. The Morgan fingerprint density at radius 2 is 1.92 bits per heavy atom. The monoisotopic (exact) mass is 369 g/mol. The smallest absolute Gasteiger partial charge is 0.416 e. The predicted octanol–water partition coefficient (Wildman–Crippen LogP) is 3.96. The Morgan fingerprint density at radius 1 is 1.23 bits per heavy atom. The van der Waals surface area contributed by atoms with Crippen molar-refractivity contribution < 1.29 is 27.5 Å². The first-order valence-corrected chi connectivity index (χ1v) is 8.55. The number of carbonyl (C=O) groups excluding carboxylic acids is 2. The zero-order valence-electron chi connectivity index (χ0n) is 14.5. The summed E-state index contributed by atoms with van der Waals surface area (Å²) in [5, 5.41) is 2.83. The van der Waals surface area contributed by atoms with Crippen LogP contribution in [-0.4, -0.2) is 24.5 Å². The van der Waals surface area contributed by atoms with Gasteiger partial charge in [0, 0.05) is 12.1 Å². The second-order valence-electron chi connectivity index (χ2n) is 6.59. The number of rotatable bonds is 5. The van der Waals surface area contributed by atoms with Crippen LogP contribution >= 0.6 is 0 Å². The maximum Gasteiger partial charge on any atom is 0.416 e. The van der Waals surface area contributed by atoms with E-state index >= 15 is 0 Å². The van der Waals surface area contributed by atoms with Crippen molar-refractivity contribution in [3.63, 3.8) is 0 Å². The number of carbonyl (C=O) groups is 2. The summed E-state index contributed by atoms with van der Waals surface area (Å²) in [5.41, 5.74) is -0.577. The molecule has 1 aromatic rings. The van der Waals surface area contributed by atoms with Crippen LogP contribution in [-0.2, 0) is 20.5 Å². The number of esters is 1. The molecule has 2 rings (SSSR count). The molecule has 0 aliphatic heterocycles. The third kappa shape index (κ3) is 6.54. The van der Waals surface area contributed by atoms with Gasteiger partial charge < -0.3 is 10.1 Å². The van der Waals surface area contributed by atoms with Crippen LogP contribution in [0.15, 0.2) is 30.3 Å². The number of amides is 1. The first kappa shape index (κ1) is 20.0. The van der Waals surface area contributed by atoms with Crippen molar-refractivity contribution in [3.8, 4) is 0 Å². The van der Waals surface area contributed by atoms with E-state index in [9.17, 15) is 22.8 Å². The first-order valence-electron chi connectivity index (χ1n) is 8.55. The van der Waals surface area contributed by atoms with Crippen LogP contribution in [0.2, 0.25) is 0 Å². The van der Waals surface area contributed by atoms with E-state index in [4.69, 9.17) is 4.74 Å². The number of ether oxygens (including phenoxy) is 1. The summed E-state index contributed by atoms with van der Waals surface area (Å²) >= 11 is 0. The molecule has 0 atom stereocenters. The van der Waals surface area contributed by atoms with Crippen molar-refractivity contribution >= 4 is 18.0 Å². The van der Waals surface area contributed by atoms with Crippen molar-refractivity contribution in [2.45, 2.75) is 44.8 Å². The van der Waals surface area contributed by atoms with Gasteiger partial charge in [-0.2, -0.15) is 13.2 Å². The van der Waals surface area contributed by atoms with Crippen molar-refractivity contribution in [1.29, 1.82) is 0 Å². The Hall–Kier alpha value is -2.31. The highest BCUT2D eigenvalue weighted by atomic mass is 19.4. The molecule has 0 unspecified atom stereocenters. The minimum Gasteiger partial charge on any atom is -0.452 e. The van der Waals surface area contributed by atoms with Gasteiger partial charge in [-0.05, 0) is 55.4 Å². The van der Waals surface area contributed by atoms with E-state index in [1.54, 1.807) is 0 Å². The zero-order valence-corrected chi connectivity index (χ0v) is 14.5. The van der Waals surface area contributed by atoms with E-state index < -0.39 is 24.3 Å². The Kier molecular flexibility index (Phi) is 6.83. The van der Waals surface area contributed by atoms with Gasteiger partial charge in [-0.3, -0.25) is 4.79 Å². The van der Waals surface area contributed by atoms with Crippen LogP contribution in [0.1, 0.15) is 43.7 Å². The van der Waals surface area contributed by atoms with Crippen molar-refractivity contribution in [1.82, 2.24) is 5.32 Å². The van der Waals surface area contributed by atoms with E-state index in [0.717, 1.165) is 43.9 Å². The lowest BCUT2D eigenvalue weighted by molar-refractivity contribution is -0.144. The molecule has 0 aromatic heterocycles. The minimum absolute atomic E-state index is 0.109. The van der Waals surface area contributed by atoms with E-state index in [2.05, 4.69) is 12.2 Å². The lowest BCUT2D eigenvalue weighted by atomic mass is 9.87. The summed E-state index contributed by atoms with van der Waals surface area (Å²) < 4.78 is 42.7. The summed E-state index contributed by atoms with van der Waals surface area (Å²) in [5.74, 6) is -0.484. The number of hydrogen-bond donors (Lipinski definition) is 1. The quantitative estimate of drug-likeness (QED) is 0.631. The molecule has 1 aliphatic rings. The van der Waals surface area contributed by atoms with Crippen LogP contribution < -0.4 is 5.32 Å². The average molecular weight is 369 g/mol. The van der Waals surface area contributed by atoms with Gasteiger partial charge in [0.05, 0.1) is 5.56 Å².